The number of benzene rings is 1. The van der Waals surface area contributed by atoms with Crippen molar-refractivity contribution < 1.29 is 8.91 Å². The molecule has 0 unspecified atom stereocenters. The fraction of sp³-hybridized carbons (Fsp3) is 0.429. The van der Waals surface area contributed by atoms with Crippen molar-refractivity contribution in [1.29, 1.82) is 0 Å². The minimum absolute atomic E-state index is 0.258. The molecule has 0 spiro atoms. The van der Waals surface area contributed by atoms with E-state index in [0.29, 0.717) is 29.4 Å². The van der Waals surface area contributed by atoms with Crippen LogP contribution in [0.2, 0.25) is 0 Å². The van der Waals surface area contributed by atoms with Gasteiger partial charge in [0.1, 0.15) is 5.82 Å². The summed E-state index contributed by atoms with van der Waals surface area (Å²) in [4.78, 5) is 4.27. The van der Waals surface area contributed by atoms with Crippen molar-refractivity contribution in [2.45, 2.75) is 32.6 Å². The van der Waals surface area contributed by atoms with Crippen LogP contribution >= 0.6 is 0 Å². The molecule has 2 N–H and O–H groups in total. The van der Waals surface area contributed by atoms with Gasteiger partial charge in [0.25, 0.3) is 0 Å². The molecule has 0 atom stereocenters. The molecule has 0 aliphatic heterocycles. The summed E-state index contributed by atoms with van der Waals surface area (Å²) in [5.41, 5.74) is 6.67. The summed E-state index contributed by atoms with van der Waals surface area (Å²) in [6.45, 7) is 2.43. The summed E-state index contributed by atoms with van der Waals surface area (Å²) in [6, 6.07) is 4.93. The lowest BCUT2D eigenvalue weighted by Gasteiger charge is -1.97. The summed E-state index contributed by atoms with van der Waals surface area (Å²) < 4.78 is 18.6. The van der Waals surface area contributed by atoms with Crippen molar-refractivity contribution in [3.05, 3.63) is 35.5 Å². The third-order valence-electron chi connectivity index (χ3n) is 2.99. The van der Waals surface area contributed by atoms with Crippen LogP contribution in [0, 0.1) is 12.7 Å². The first-order valence-corrected chi connectivity index (χ1v) is 6.50. The number of hydrogen-bond donors (Lipinski definition) is 1. The van der Waals surface area contributed by atoms with Crippen molar-refractivity contribution in [2.24, 2.45) is 5.73 Å². The molecule has 19 heavy (non-hydrogen) atoms. The monoisotopic (exact) mass is 263 g/mol. The van der Waals surface area contributed by atoms with Crippen molar-refractivity contribution in [1.82, 2.24) is 10.1 Å². The van der Waals surface area contributed by atoms with Crippen molar-refractivity contribution >= 4 is 0 Å². The Hall–Kier alpha value is -1.75. The normalized spacial score (nSPS) is 10.9. The number of aryl methyl sites for hydroxylation is 2. The van der Waals surface area contributed by atoms with Crippen molar-refractivity contribution in [3.63, 3.8) is 0 Å². The molecule has 0 radical (unpaired) electrons. The molecule has 0 saturated carbocycles. The highest BCUT2D eigenvalue weighted by molar-refractivity contribution is 5.54. The highest BCUT2D eigenvalue weighted by atomic mass is 19.1. The zero-order chi connectivity index (χ0) is 13.7. The van der Waals surface area contributed by atoms with Gasteiger partial charge >= 0.3 is 0 Å². The number of nitrogens with zero attached hydrogens (tertiary/aromatic N) is 2. The highest BCUT2D eigenvalue weighted by Crippen LogP contribution is 2.19. The summed E-state index contributed by atoms with van der Waals surface area (Å²) >= 11 is 0. The van der Waals surface area contributed by atoms with Crippen LogP contribution in [0.5, 0.6) is 0 Å². The van der Waals surface area contributed by atoms with E-state index in [9.17, 15) is 4.39 Å². The average Bonchev–Trinajstić information content (AvgIpc) is 2.87. The van der Waals surface area contributed by atoms with Gasteiger partial charge in [0.2, 0.25) is 11.7 Å². The van der Waals surface area contributed by atoms with Gasteiger partial charge in [-0.15, -0.1) is 0 Å². The predicted molar refractivity (Wildman–Crippen MR) is 71.0 cm³/mol. The Morgan fingerprint density at radius 1 is 1.26 bits per heavy atom. The highest BCUT2D eigenvalue weighted by Gasteiger charge is 2.09. The van der Waals surface area contributed by atoms with Crippen LogP contribution in [0.3, 0.4) is 0 Å². The molecule has 2 aromatic rings. The Balaban J connectivity index is 2.01. The van der Waals surface area contributed by atoms with Gasteiger partial charge in [-0.25, -0.2) is 4.39 Å². The molecule has 0 saturated heterocycles. The summed E-state index contributed by atoms with van der Waals surface area (Å²) in [6.07, 6.45) is 3.76. The number of rotatable bonds is 6. The molecular formula is C14H18FN3O. The lowest BCUT2D eigenvalue weighted by Crippen LogP contribution is -1.98. The molecule has 0 amide bonds. The SMILES string of the molecule is Cc1ccc(-c2noc(CCCCCN)n2)cc1F. The Morgan fingerprint density at radius 2 is 2.11 bits per heavy atom. The molecule has 1 aromatic carbocycles. The van der Waals surface area contributed by atoms with E-state index >= 15 is 0 Å². The van der Waals surface area contributed by atoms with E-state index in [1.165, 1.54) is 6.07 Å². The number of hydrogen-bond acceptors (Lipinski definition) is 4. The van der Waals surface area contributed by atoms with Gasteiger partial charge in [-0.05, 0) is 37.9 Å². The van der Waals surface area contributed by atoms with Crippen LogP contribution < -0.4 is 5.73 Å². The molecule has 102 valence electrons. The first-order chi connectivity index (χ1) is 9.20. The lowest BCUT2D eigenvalue weighted by molar-refractivity contribution is 0.374. The third-order valence-corrected chi connectivity index (χ3v) is 2.99. The van der Waals surface area contributed by atoms with E-state index in [4.69, 9.17) is 10.3 Å². The third kappa shape index (κ3) is 3.61. The molecule has 0 bridgehead atoms. The molecule has 5 heteroatoms. The molecule has 0 aliphatic carbocycles. The molecule has 1 heterocycles. The maximum Gasteiger partial charge on any atom is 0.226 e. The van der Waals surface area contributed by atoms with E-state index in [2.05, 4.69) is 10.1 Å². The van der Waals surface area contributed by atoms with E-state index in [1.54, 1.807) is 19.1 Å². The zero-order valence-corrected chi connectivity index (χ0v) is 11.0. The maximum atomic E-state index is 13.5. The summed E-state index contributed by atoms with van der Waals surface area (Å²) in [5.74, 6) is 0.771. The van der Waals surface area contributed by atoms with Gasteiger partial charge in [-0.1, -0.05) is 23.7 Å². The van der Waals surface area contributed by atoms with E-state index in [1.807, 2.05) is 0 Å². The van der Waals surface area contributed by atoms with Gasteiger partial charge in [0.05, 0.1) is 0 Å². The quantitative estimate of drug-likeness (QED) is 0.814. The average molecular weight is 263 g/mol. The van der Waals surface area contributed by atoms with Gasteiger partial charge in [0.15, 0.2) is 0 Å². The topological polar surface area (TPSA) is 64.9 Å². The summed E-state index contributed by atoms with van der Waals surface area (Å²) in [7, 11) is 0. The largest absolute Gasteiger partial charge is 0.339 e. The standard InChI is InChI=1S/C14H18FN3O/c1-10-6-7-11(9-12(10)15)14-17-13(19-18-14)5-3-2-4-8-16/h6-7,9H,2-5,8,16H2,1H3. The fourth-order valence-electron chi connectivity index (χ4n) is 1.80. The van der Waals surface area contributed by atoms with Crippen molar-refractivity contribution in [2.75, 3.05) is 6.54 Å². The van der Waals surface area contributed by atoms with Crippen LogP contribution in [-0.2, 0) is 6.42 Å². The second-order valence-corrected chi connectivity index (χ2v) is 4.58. The Kier molecular flexibility index (Phi) is 4.63. The minimum atomic E-state index is -0.258. The predicted octanol–water partition coefficient (Wildman–Crippen LogP) is 2.86. The lowest BCUT2D eigenvalue weighted by atomic mass is 10.1. The second-order valence-electron chi connectivity index (χ2n) is 4.58. The van der Waals surface area contributed by atoms with Gasteiger partial charge in [-0.3, -0.25) is 0 Å². The number of unbranched alkanes of at least 4 members (excludes halogenated alkanes) is 2. The Labute approximate surface area is 111 Å². The number of halogens is 1. The van der Waals surface area contributed by atoms with Crippen LogP contribution in [0.4, 0.5) is 4.39 Å². The van der Waals surface area contributed by atoms with Crippen LogP contribution in [-0.4, -0.2) is 16.7 Å². The second kappa shape index (κ2) is 6.43. The van der Waals surface area contributed by atoms with Gasteiger partial charge in [-0.2, -0.15) is 4.98 Å². The first-order valence-electron chi connectivity index (χ1n) is 6.50. The van der Waals surface area contributed by atoms with E-state index in [0.717, 1.165) is 25.7 Å². The summed E-state index contributed by atoms with van der Waals surface area (Å²) in [5, 5.41) is 3.88. The van der Waals surface area contributed by atoms with Crippen LogP contribution in [0.25, 0.3) is 11.4 Å². The zero-order valence-electron chi connectivity index (χ0n) is 11.0. The van der Waals surface area contributed by atoms with Crippen molar-refractivity contribution in [3.8, 4) is 11.4 Å². The number of nitrogens with two attached hydrogens (primary N) is 1. The smallest absolute Gasteiger partial charge is 0.226 e. The Bertz CT molecular complexity index is 539. The Morgan fingerprint density at radius 3 is 2.84 bits per heavy atom. The molecular weight excluding hydrogens is 245 g/mol. The number of aromatic nitrogens is 2. The molecule has 0 fully saturated rings. The van der Waals surface area contributed by atoms with Crippen LogP contribution in [0.15, 0.2) is 22.7 Å². The van der Waals surface area contributed by atoms with Crippen LogP contribution in [0.1, 0.15) is 30.7 Å². The molecule has 4 nitrogen and oxygen atoms in total. The first kappa shape index (κ1) is 13.7. The van der Waals surface area contributed by atoms with E-state index in [-0.39, 0.29) is 5.82 Å². The molecule has 1 aromatic heterocycles. The minimum Gasteiger partial charge on any atom is -0.339 e. The van der Waals surface area contributed by atoms with Gasteiger partial charge < -0.3 is 10.3 Å². The fourth-order valence-corrected chi connectivity index (χ4v) is 1.80. The molecule has 2 rings (SSSR count). The maximum absolute atomic E-state index is 13.5. The van der Waals surface area contributed by atoms with E-state index < -0.39 is 0 Å². The molecule has 0 aliphatic rings. The van der Waals surface area contributed by atoms with Gasteiger partial charge in [0, 0.05) is 12.0 Å².